The number of hydrogen-bond donors (Lipinski definition) is 1. The molecule has 1 aromatic heterocycles. The van der Waals surface area contributed by atoms with Crippen LogP contribution in [0.3, 0.4) is 0 Å². The Morgan fingerprint density at radius 3 is 2.62 bits per heavy atom. The van der Waals surface area contributed by atoms with Gasteiger partial charge in [0.25, 0.3) is 0 Å². The zero-order valence-corrected chi connectivity index (χ0v) is 8.40. The Kier molecular flexibility index (Phi) is 2.25. The van der Waals surface area contributed by atoms with Crippen molar-refractivity contribution >= 4 is 28.6 Å². The maximum Gasteiger partial charge on any atom is 0.0432 e. The fourth-order valence-corrected chi connectivity index (χ4v) is 2.12. The Morgan fingerprint density at radius 2 is 2.00 bits per heavy atom. The van der Waals surface area contributed by atoms with E-state index in [1.807, 2.05) is 17.5 Å². The Bertz CT molecular complexity index is 389. The summed E-state index contributed by atoms with van der Waals surface area (Å²) in [5.41, 5.74) is 8.63. The number of hydrogen-bond acceptors (Lipinski definition) is 2. The molecular weight excluding hydrogens is 202 g/mol. The molecular formula is C10H8ClNS. The monoisotopic (exact) mass is 209 g/mol. The predicted molar refractivity (Wildman–Crippen MR) is 59.2 cm³/mol. The molecule has 0 aliphatic carbocycles. The lowest BCUT2D eigenvalue weighted by molar-refractivity contribution is 1.66. The first kappa shape index (κ1) is 8.60. The standard InChI is InChI=1S/C10H8ClNS/c11-9-3-8(4-10(12)5-9)7-1-2-13-6-7/h1-6H,12H2. The summed E-state index contributed by atoms with van der Waals surface area (Å²) < 4.78 is 0. The quantitative estimate of drug-likeness (QED) is 0.713. The highest BCUT2D eigenvalue weighted by Crippen LogP contribution is 2.27. The minimum absolute atomic E-state index is 0.682. The minimum Gasteiger partial charge on any atom is -0.399 e. The number of halogens is 1. The summed E-state index contributed by atoms with van der Waals surface area (Å²) in [6, 6.07) is 7.64. The van der Waals surface area contributed by atoms with Crippen molar-refractivity contribution in [3.05, 3.63) is 40.0 Å². The van der Waals surface area contributed by atoms with Gasteiger partial charge >= 0.3 is 0 Å². The van der Waals surface area contributed by atoms with Crippen LogP contribution in [0.25, 0.3) is 11.1 Å². The first-order valence-corrected chi connectivity index (χ1v) is 5.16. The third-order valence-electron chi connectivity index (χ3n) is 1.77. The lowest BCUT2D eigenvalue weighted by atomic mass is 10.1. The van der Waals surface area contributed by atoms with Gasteiger partial charge in [-0.15, -0.1) is 0 Å². The summed E-state index contributed by atoms with van der Waals surface area (Å²) in [6.07, 6.45) is 0. The number of benzene rings is 1. The van der Waals surface area contributed by atoms with Gasteiger partial charge in [-0.3, -0.25) is 0 Å². The van der Waals surface area contributed by atoms with E-state index in [2.05, 4.69) is 11.4 Å². The first-order chi connectivity index (χ1) is 6.25. The van der Waals surface area contributed by atoms with Gasteiger partial charge in [0.15, 0.2) is 0 Å². The number of nitrogen functional groups attached to an aromatic ring is 1. The number of anilines is 1. The highest BCUT2D eigenvalue weighted by atomic mass is 35.5. The van der Waals surface area contributed by atoms with Gasteiger partial charge in [0, 0.05) is 10.7 Å². The molecule has 1 heterocycles. The fourth-order valence-electron chi connectivity index (χ4n) is 1.21. The summed E-state index contributed by atoms with van der Waals surface area (Å²) in [4.78, 5) is 0. The van der Waals surface area contributed by atoms with E-state index in [9.17, 15) is 0 Å². The summed E-state index contributed by atoms with van der Waals surface area (Å²) in [7, 11) is 0. The maximum atomic E-state index is 5.89. The second kappa shape index (κ2) is 3.40. The van der Waals surface area contributed by atoms with Crippen LogP contribution in [0.5, 0.6) is 0 Å². The van der Waals surface area contributed by atoms with Crippen LogP contribution in [-0.2, 0) is 0 Å². The average Bonchev–Trinajstić information content (AvgIpc) is 2.53. The molecule has 2 rings (SSSR count). The van der Waals surface area contributed by atoms with Gasteiger partial charge in [-0.1, -0.05) is 11.6 Å². The van der Waals surface area contributed by atoms with Gasteiger partial charge in [0.05, 0.1) is 0 Å². The molecule has 1 aromatic carbocycles. The molecule has 3 heteroatoms. The lowest BCUT2D eigenvalue weighted by Gasteiger charge is -2.00. The van der Waals surface area contributed by atoms with E-state index >= 15 is 0 Å². The molecule has 0 unspecified atom stereocenters. The van der Waals surface area contributed by atoms with E-state index < -0.39 is 0 Å². The molecule has 0 fully saturated rings. The number of nitrogens with two attached hydrogens (primary N) is 1. The molecule has 2 aromatic rings. The van der Waals surface area contributed by atoms with Gasteiger partial charge in [-0.2, -0.15) is 11.3 Å². The van der Waals surface area contributed by atoms with Crippen molar-refractivity contribution in [2.75, 3.05) is 5.73 Å². The Hall–Kier alpha value is -0.990. The van der Waals surface area contributed by atoms with E-state index in [0.717, 1.165) is 5.56 Å². The van der Waals surface area contributed by atoms with Crippen LogP contribution in [0, 0.1) is 0 Å². The van der Waals surface area contributed by atoms with Crippen molar-refractivity contribution in [1.29, 1.82) is 0 Å². The second-order valence-corrected chi connectivity index (χ2v) is 4.00. The minimum atomic E-state index is 0.682. The highest BCUT2D eigenvalue weighted by Gasteiger charge is 2.00. The first-order valence-electron chi connectivity index (χ1n) is 3.84. The van der Waals surface area contributed by atoms with Crippen LogP contribution in [0.2, 0.25) is 5.02 Å². The summed E-state index contributed by atoms with van der Waals surface area (Å²) in [5, 5.41) is 4.79. The molecule has 0 bridgehead atoms. The molecule has 0 radical (unpaired) electrons. The van der Waals surface area contributed by atoms with Crippen molar-refractivity contribution in [1.82, 2.24) is 0 Å². The second-order valence-electron chi connectivity index (χ2n) is 2.79. The summed E-state index contributed by atoms with van der Waals surface area (Å²) in [6.45, 7) is 0. The molecule has 2 N–H and O–H groups in total. The average molecular weight is 210 g/mol. The Morgan fingerprint density at radius 1 is 1.15 bits per heavy atom. The van der Waals surface area contributed by atoms with Gasteiger partial charge in [-0.05, 0) is 46.2 Å². The summed E-state index contributed by atoms with van der Waals surface area (Å²) in [5.74, 6) is 0. The molecule has 0 aliphatic rings. The van der Waals surface area contributed by atoms with Crippen LogP contribution in [0.4, 0.5) is 5.69 Å². The van der Waals surface area contributed by atoms with Crippen LogP contribution >= 0.6 is 22.9 Å². The van der Waals surface area contributed by atoms with E-state index in [1.54, 1.807) is 17.4 Å². The van der Waals surface area contributed by atoms with Crippen LogP contribution in [0.1, 0.15) is 0 Å². The van der Waals surface area contributed by atoms with Crippen molar-refractivity contribution < 1.29 is 0 Å². The van der Waals surface area contributed by atoms with Gasteiger partial charge in [0.1, 0.15) is 0 Å². The molecule has 0 atom stereocenters. The molecule has 0 aliphatic heterocycles. The van der Waals surface area contributed by atoms with Gasteiger partial charge in [-0.25, -0.2) is 0 Å². The smallest absolute Gasteiger partial charge is 0.0432 e. The third-order valence-corrected chi connectivity index (χ3v) is 2.68. The SMILES string of the molecule is Nc1cc(Cl)cc(-c2ccsc2)c1. The zero-order chi connectivity index (χ0) is 9.26. The normalized spacial score (nSPS) is 10.2. The van der Waals surface area contributed by atoms with Crippen molar-refractivity contribution in [3.8, 4) is 11.1 Å². The molecule has 0 amide bonds. The molecule has 0 spiro atoms. The lowest BCUT2D eigenvalue weighted by Crippen LogP contribution is -1.84. The van der Waals surface area contributed by atoms with E-state index in [1.165, 1.54) is 5.56 Å². The van der Waals surface area contributed by atoms with E-state index in [-0.39, 0.29) is 0 Å². The third kappa shape index (κ3) is 1.85. The topological polar surface area (TPSA) is 26.0 Å². The van der Waals surface area contributed by atoms with E-state index in [0.29, 0.717) is 10.7 Å². The molecule has 66 valence electrons. The molecule has 1 nitrogen and oxygen atoms in total. The van der Waals surface area contributed by atoms with Crippen LogP contribution in [-0.4, -0.2) is 0 Å². The molecule has 0 saturated heterocycles. The van der Waals surface area contributed by atoms with E-state index in [4.69, 9.17) is 17.3 Å². The Balaban J connectivity index is 2.53. The van der Waals surface area contributed by atoms with Gasteiger partial charge < -0.3 is 5.73 Å². The van der Waals surface area contributed by atoms with Crippen molar-refractivity contribution in [3.63, 3.8) is 0 Å². The van der Waals surface area contributed by atoms with Gasteiger partial charge in [0.2, 0.25) is 0 Å². The number of rotatable bonds is 1. The highest BCUT2D eigenvalue weighted by molar-refractivity contribution is 7.08. The Labute approximate surface area is 85.8 Å². The summed E-state index contributed by atoms with van der Waals surface area (Å²) >= 11 is 7.55. The van der Waals surface area contributed by atoms with Crippen molar-refractivity contribution in [2.24, 2.45) is 0 Å². The van der Waals surface area contributed by atoms with Crippen molar-refractivity contribution in [2.45, 2.75) is 0 Å². The predicted octanol–water partition coefficient (Wildman–Crippen LogP) is 3.65. The molecule has 0 saturated carbocycles. The number of thiophene rings is 1. The molecule has 13 heavy (non-hydrogen) atoms. The largest absolute Gasteiger partial charge is 0.399 e. The maximum absolute atomic E-state index is 5.89. The fraction of sp³-hybridized carbons (Fsp3) is 0. The van der Waals surface area contributed by atoms with Crippen LogP contribution < -0.4 is 5.73 Å². The zero-order valence-electron chi connectivity index (χ0n) is 6.83. The van der Waals surface area contributed by atoms with Crippen LogP contribution in [0.15, 0.2) is 35.0 Å².